The second-order valence-corrected chi connectivity index (χ2v) is 4.49. The van der Waals surface area contributed by atoms with Crippen molar-refractivity contribution in [2.45, 2.75) is 13.8 Å². The SMILES string of the molecule is CNc1ccc(C)c(-c2cc(C)nc(Cl)c2)c1. The number of hydrogen-bond donors (Lipinski definition) is 1. The molecule has 0 saturated carbocycles. The highest BCUT2D eigenvalue weighted by atomic mass is 35.5. The lowest BCUT2D eigenvalue weighted by molar-refractivity contribution is 1.20. The van der Waals surface area contributed by atoms with Crippen LogP contribution in [0.25, 0.3) is 11.1 Å². The molecule has 1 aromatic heterocycles. The van der Waals surface area contributed by atoms with Crippen molar-refractivity contribution in [3.05, 3.63) is 46.7 Å². The van der Waals surface area contributed by atoms with Crippen LogP contribution in [-0.2, 0) is 0 Å². The first kappa shape index (κ1) is 11.9. The summed E-state index contributed by atoms with van der Waals surface area (Å²) in [7, 11) is 1.92. The van der Waals surface area contributed by atoms with Crippen LogP contribution in [0, 0.1) is 13.8 Å². The van der Waals surface area contributed by atoms with E-state index in [1.54, 1.807) is 0 Å². The van der Waals surface area contributed by atoms with Crippen molar-refractivity contribution in [2.75, 3.05) is 12.4 Å². The first-order valence-corrected chi connectivity index (χ1v) is 5.91. The number of rotatable bonds is 2. The molecule has 1 aromatic carbocycles. The van der Waals surface area contributed by atoms with Gasteiger partial charge in [0.15, 0.2) is 0 Å². The molecule has 3 heteroatoms. The molecule has 0 aliphatic heterocycles. The van der Waals surface area contributed by atoms with Gasteiger partial charge in [-0.25, -0.2) is 4.98 Å². The van der Waals surface area contributed by atoms with Crippen LogP contribution in [0.1, 0.15) is 11.3 Å². The maximum Gasteiger partial charge on any atom is 0.129 e. The Morgan fingerprint density at radius 3 is 2.53 bits per heavy atom. The molecule has 2 aromatic rings. The molecule has 0 aliphatic carbocycles. The minimum atomic E-state index is 0.536. The van der Waals surface area contributed by atoms with E-state index in [-0.39, 0.29) is 0 Å². The summed E-state index contributed by atoms with van der Waals surface area (Å²) in [6.45, 7) is 4.05. The largest absolute Gasteiger partial charge is 0.388 e. The van der Waals surface area contributed by atoms with E-state index in [9.17, 15) is 0 Å². The summed E-state index contributed by atoms with van der Waals surface area (Å²) in [5.41, 5.74) is 5.55. The Labute approximate surface area is 107 Å². The number of hydrogen-bond acceptors (Lipinski definition) is 2. The van der Waals surface area contributed by atoms with Gasteiger partial charge in [-0.2, -0.15) is 0 Å². The highest BCUT2D eigenvalue weighted by Gasteiger charge is 2.05. The van der Waals surface area contributed by atoms with Gasteiger partial charge < -0.3 is 5.32 Å². The summed E-state index contributed by atoms with van der Waals surface area (Å²) < 4.78 is 0. The lowest BCUT2D eigenvalue weighted by Gasteiger charge is -2.10. The molecule has 0 aliphatic rings. The summed E-state index contributed by atoms with van der Waals surface area (Å²) in [4.78, 5) is 4.18. The molecule has 2 rings (SSSR count). The van der Waals surface area contributed by atoms with Crippen LogP contribution in [-0.4, -0.2) is 12.0 Å². The van der Waals surface area contributed by atoms with Crippen molar-refractivity contribution >= 4 is 17.3 Å². The zero-order valence-corrected chi connectivity index (χ0v) is 11.0. The van der Waals surface area contributed by atoms with Gasteiger partial charge in [-0.15, -0.1) is 0 Å². The van der Waals surface area contributed by atoms with E-state index in [1.165, 1.54) is 11.1 Å². The Bertz CT molecular complexity index is 530. The zero-order chi connectivity index (χ0) is 12.4. The fourth-order valence-corrected chi connectivity index (χ4v) is 2.12. The number of nitrogens with one attached hydrogen (secondary N) is 1. The smallest absolute Gasteiger partial charge is 0.129 e. The van der Waals surface area contributed by atoms with Crippen LogP contribution in [0.3, 0.4) is 0 Å². The monoisotopic (exact) mass is 246 g/mol. The van der Waals surface area contributed by atoms with Gasteiger partial charge in [0, 0.05) is 18.4 Å². The lowest BCUT2D eigenvalue weighted by Crippen LogP contribution is -1.92. The van der Waals surface area contributed by atoms with Crippen LogP contribution in [0.2, 0.25) is 5.15 Å². The molecule has 1 heterocycles. The van der Waals surface area contributed by atoms with E-state index in [1.807, 2.05) is 26.1 Å². The quantitative estimate of drug-likeness (QED) is 0.809. The molecule has 0 saturated heterocycles. The molecular weight excluding hydrogens is 232 g/mol. The highest BCUT2D eigenvalue weighted by Crippen LogP contribution is 2.28. The predicted molar refractivity (Wildman–Crippen MR) is 73.7 cm³/mol. The minimum Gasteiger partial charge on any atom is -0.388 e. The Morgan fingerprint density at radius 2 is 1.88 bits per heavy atom. The van der Waals surface area contributed by atoms with E-state index >= 15 is 0 Å². The Morgan fingerprint density at radius 1 is 1.12 bits per heavy atom. The third-order valence-corrected chi connectivity index (χ3v) is 2.95. The molecule has 88 valence electrons. The fraction of sp³-hybridized carbons (Fsp3) is 0.214. The maximum atomic E-state index is 6.00. The van der Waals surface area contributed by atoms with Gasteiger partial charge >= 0.3 is 0 Å². The average molecular weight is 247 g/mol. The normalized spacial score (nSPS) is 10.4. The second-order valence-electron chi connectivity index (χ2n) is 4.10. The molecule has 2 nitrogen and oxygen atoms in total. The van der Waals surface area contributed by atoms with Crippen LogP contribution >= 0.6 is 11.6 Å². The molecule has 0 bridgehead atoms. The molecule has 17 heavy (non-hydrogen) atoms. The molecule has 0 amide bonds. The zero-order valence-electron chi connectivity index (χ0n) is 10.2. The Balaban J connectivity index is 2.58. The van der Waals surface area contributed by atoms with E-state index in [0.29, 0.717) is 5.15 Å². The van der Waals surface area contributed by atoms with Crippen LogP contribution < -0.4 is 5.32 Å². The molecule has 0 unspecified atom stereocenters. The van der Waals surface area contributed by atoms with Crippen molar-refractivity contribution in [2.24, 2.45) is 0 Å². The number of pyridine rings is 1. The fourth-order valence-electron chi connectivity index (χ4n) is 1.87. The van der Waals surface area contributed by atoms with Gasteiger partial charge in [-0.3, -0.25) is 0 Å². The number of aromatic nitrogens is 1. The number of anilines is 1. The average Bonchev–Trinajstić information content (AvgIpc) is 2.28. The highest BCUT2D eigenvalue weighted by molar-refractivity contribution is 6.29. The molecule has 0 fully saturated rings. The molecule has 1 N–H and O–H groups in total. The standard InChI is InChI=1S/C14H15ClN2/c1-9-4-5-12(16-3)8-13(9)11-6-10(2)17-14(15)7-11/h4-8,16H,1-3H3. The van der Waals surface area contributed by atoms with E-state index in [4.69, 9.17) is 11.6 Å². The van der Waals surface area contributed by atoms with Gasteiger partial charge in [0.25, 0.3) is 0 Å². The van der Waals surface area contributed by atoms with Crippen LogP contribution in [0.15, 0.2) is 30.3 Å². The summed E-state index contributed by atoms with van der Waals surface area (Å²) in [6, 6.07) is 10.2. The van der Waals surface area contributed by atoms with Crippen molar-refractivity contribution in [1.82, 2.24) is 4.98 Å². The van der Waals surface area contributed by atoms with Crippen LogP contribution in [0.5, 0.6) is 0 Å². The number of nitrogens with zero attached hydrogens (tertiary/aromatic N) is 1. The van der Waals surface area contributed by atoms with Gasteiger partial charge in [-0.05, 0) is 54.8 Å². The summed E-state index contributed by atoms with van der Waals surface area (Å²) in [5, 5.41) is 3.68. The Kier molecular flexibility index (Phi) is 3.34. The second kappa shape index (κ2) is 4.76. The van der Waals surface area contributed by atoms with Gasteiger partial charge in [0.2, 0.25) is 0 Å². The van der Waals surface area contributed by atoms with Gasteiger partial charge in [-0.1, -0.05) is 17.7 Å². The van der Waals surface area contributed by atoms with Crippen molar-refractivity contribution < 1.29 is 0 Å². The minimum absolute atomic E-state index is 0.536. The van der Waals surface area contributed by atoms with Crippen molar-refractivity contribution in [1.29, 1.82) is 0 Å². The first-order chi connectivity index (χ1) is 8.10. The van der Waals surface area contributed by atoms with E-state index in [0.717, 1.165) is 16.9 Å². The molecule has 0 atom stereocenters. The molecular formula is C14H15ClN2. The Hall–Kier alpha value is -1.54. The summed E-state index contributed by atoms with van der Waals surface area (Å²) in [6.07, 6.45) is 0. The number of halogens is 1. The molecule has 0 radical (unpaired) electrons. The maximum absolute atomic E-state index is 6.00. The number of benzene rings is 1. The third-order valence-electron chi connectivity index (χ3n) is 2.76. The molecule has 0 spiro atoms. The van der Waals surface area contributed by atoms with E-state index in [2.05, 4.69) is 35.4 Å². The van der Waals surface area contributed by atoms with Crippen molar-refractivity contribution in [3.63, 3.8) is 0 Å². The summed E-state index contributed by atoms with van der Waals surface area (Å²) >= 11 is 6.00. The van der Waals surface area contributed by atoms with Crippen LogP contribution in [0.4, 0.5) is 5.69 Å². The summed E-state index contributed by atoms with van der Waals surface area (Å²) in [5.74, 6) is 0. The predicted octanol–water partition coefficient (Wildman–Crippen LogP) is 4.06. The third kappa shape index (κ3) is 2.59. The van der Waals surface area contributed by atoms with Gasteiger partial charge in [0.1, 0.15) is 5.15 Å². The van der Waals surface area contributed by atoms with Gasteiger partial charge in [0.05, 0.1) is 0 Å². The van der Waals surface area contributed by atoms with E-state index < -0.39 is 0 Å². The first-order valence-electron chi connectivity index (χ1n) is 5.53. The lowest BCUT2D eigenvalue weighted by atomic mass is 10.0. The van der Waals surface area contributed by atoms with Crippen molar-refractivity contribution in [3.8, 4) is 11.1 Å². The number of aryl methyl sites for hydroxylation is 2. The topological polar surface area (TPSA) is 24.9 Å².